The second-order valence-electron chi connectivity index (χ2n) is 5.23. The molecule has 1 amide bonds. The van der Waals surface area contributed by atoms with Crippen LogP contribution in [-0.4, -0.2) is 29.5 Å². The normalized spacial score (nSPS) is 18.1. The van der Waals surface area contributed by atoms with Crippen molar-refractivity contribution in [2.45, 2.75) is 18.8 Å². The molecule has 1 saturated carbocycles. The molecular weight excluding hydrogens is 278 g/mol. The standard InChI is InChI=1S/C14H12ClN3O2/c1-18-10-4-8-9(5-11(10)20-6-12(18)19)16-14(7-2-3-7)17-13(8)15/h4-5,7H,2-3,6H2,1H3. The highest BCUT2D eigenvalue weighted by Crippen LogP contribution is 2.41. The van der Waals surface area contributed by atoms with Gasteiger partial charge in [-0.15, -0.1) is 0 Å². The molecule has 0 unspecified atom stereocenters. The molecule has 1 aromatic heterocycles. The summed E-state index contributed by atoms with van der Waals surface area (Å²) in [6.45, 7) is 0.0588. The number of hydrogen-bond donors (Lipinski definition) is 0. The Morgan fingerprint density at radius 3 is 2.90 bits per heavy atom. The van der Waals surface area contributed by atoms with Gasteiger partial charge in [0, 0.05) is 24.4 Å². The maximum atomic E-state index is 11.7. The van der Waals surface area contributed by atoms with Gasteiger partial charge >= 0.3 is 0 Å². The van der Waals surface area contributed by atoms with Gasteiger partial charge in [-0.2, -0.15) is 0 Å². The molecule has 4 rings (SSSR count). The number of fused-ring (bicyclic) bond motifs is 2. The van der Waals surface area contributed by atoms with Crippen molar-refractivity contribution < 1.29 is 9.53 Å². The molecule has 2 heterocycles. The maximum absolute atomic E-state index is 11.7. The van der Waals surface area contributed by atoms with Crippen LogP contribution < -0.4 is 9.64 Å². The van der Waals surface area contributed by atoms with E-state index in [9.17, 15) is 4.79 Å². The second-order valence-corrected chi connectivity index (χ2v) is 5.58. The summed E-state index contributed by atoms with van der Waals surface area (Å²) in [6.07, 6.45) is 2.25. The van der Waals surface area contributed by atoms with Gasteiger partial charge in [0.2, 0.25) is 0 Å². The van der Waals surface area contributed by atoms with E-state index in [-0.39, 0.29) is 12.5 Å². The largest absolute Gasteiger partial charge is 0.481 e. The molecule has 1 aromatic carbocycles. The Kier molecular flexibility index (Phi) is 2.41. The number of anilines is 1. The number of likely N-dealkylation sites (N-methyl/N-ethyl adjacent to an activating group) is 1. The molecule has 5 nitrogen and oxygen atoms in total. The second kappa shape index (κ2) is 4.06. The molecule has 2 aromatic rings. The molecule has 102 valence electrons. The Morgan fingerprint density at radius 2 is 2.15 bits per heavy atom. The van der Waals surface area contributed by atoms with Gasteiger partial charge in [0.05, 0.1) is 11.2 Å². The van der Waals surface area contributed by atoms with E-state index < -0.39 is 0 Å². The van der Waals surface area contributed by atoms with E-state index in [1.807, 2.05) is 12.1 Å². The number of benzene rings is 1. The Labute approximate surface area is 120 Å². The summed E-state index contributed by atoms with van der Waals surface area (Å²) >= 11 is 6.27. The number of amides is 1. The summed E-state index contributed by atoms with van der Waals surface area (Å²) in [6, 6.07) is 3.66. The lowest BCUT2D eigenvalue weighted by atomic mass is 10.1. The van der Waals surface area contributed by atoms with Crippen molar-refractivity contribution in [3.05, 3.63) is 23.1 Å². The molecular formula is C14H12ClN3O2. The van der Waals surface area contributed by atoms with E-state index in [0.29, 0.717) is 22.5 Å². The number of nitrogens with zero attached hydrogens (tertiary/aromatic N) is 3. The fraction of sp³-hybridized carbons (Fsp3) is 0.357. The van der Waals surface area contributed by atoms with Gasteiger partial charge in [-0.25, -0.2) is 9.97 Å². The van der Waals surface area contributed by atoms with Crippen LogP contribution in [0.3, 0.4) is 0 Å². The summed E-state index contributed by atoms with van der Waals surface area (Å²) in [5.74, 6) is 1.83. The molecule has 1 fully saturated rings. The van der Waals surface area contributed by atoms with E-state index in [4.69, 9.17) is 16.3 Å². The van der Waals surface area contributed by atoms with Crippen LogP contribution in [0.4, 0.5) is 5.69 Å². The van der Waals surface area contributed by atoms with Crippen LogP contribution in [-0.2, 0) is 4.79 Å². The predicted molar refractivity (Wildman–Crippen MR) is 75.4 cm³/mol. The molecule has 6 heteroatoms. The quantitative estimate of drug-likeness (QED) is 0.757. The van der Waals surface area contributed by atoms with E-state index in [0.717, 1.165) is 29.6 Å². The van der Waals surface area contributed by atoms with E-state index in [1.165, 1.54) is 0 Å². The molecule has 0 spiro atoms. The highest BCUT2D eigenvalue weighted by atomic mass is 35.5. The zero-order chi connectivity index (χ0) is 13.9. The topological polar surface area (TPSA) is 55.3 Å². The number of aromatic nitrogens is 2. The van der Waals surface area contributed by atoms with Crippen LogP contribution >= 0.6 is 11.6 Å². The maximum Gasteiger partial charge on any atom is 0.264 e. The first-order valence-corrected chi connectivity index (χ1v) is 6.92. The summed E-state index contributed by atoms with van der Waals surface area (Å²) < 4.78 is 5.48. The summed E-state index contributed by atoms with van der Waals surface area (Å²) in [5.41, 5.74) is 1.48. The Morgan fingerprint density at radius 1 is 1.35 bits per heavy atom. The molecule has 0 atom stereocenters. The minimum atomic E-state index is -0.0801. The highest BCUT2D eigenvalue weighted by Gasteiger charge is 2.28. The molecule has 1 aliphatic heterocycles. The van der Waals surface area contributed by atoms with Crippen LogP contribution in [0.2, 0.25) is 5.15 Å². The first-order chi connectivity index (χ1) is 9.63. The van der Waals surface area contributed by atoms with E-state index in [2.05, 4.69) is 9.97 Å². The van der Waals surface area contributed by atoms with Crippen molar-refractivity contribution in [3.63, 3.8) is 0 Å². The number of carbonyl (C=O) groups excluding carboxylic acids is 1. The zero-order valence-electron chi connectivity index (χ0n) is 10.9. The lowest BCUT2D eigenvalue weighted by Gasteiger charge is -2.26. The van der Waals surface area contributed by atoms with Gasteiger partial charge in [-0.1, -0.05) is 11.6 Å². The molecule has 20 heavy (non-hydrogen) atoms. The molecule has 0 saturated heterocycles. The van der Waals surface area contributed by atoms with Crippen LogP contribution in [0, 0.1) is 0 Å². The Bertz CT molecular complexity index is 743. The van der Waals surface area contributed by atoms with Gasteiger partial charge < -0.3 is 9.64 Å². The van der Waals surface area contributed by atoms with Crippen molar-refractivity contribution in [2.75, 3.05) is 18.6 Å². The number of rotatable bonds is 1. The summed E-state index contributed by atoms with van der Waals surface area (Å²) in [7, 11) is 1.73. The van der Waals surface area contributed by atoms with Gasteiger partial charge in [0.1, 0.15) is 16.7 Å². The predicted octanol–water partition coefficient (Wildman–Crippen LogP) is 2.52. The fourth-order valence-electron chi connectivity index (χ4n) is 2.40. The van der Waals surface area contributed by atoms with Crippen LogP contribution in [0.1, 0.15) is 24.6 Å². The van der Waals surface area contributed by atoms with Crippen molar-refractivity contribution in [1.29, 1.82) is 0 Å². The van der Waals surface area contributed by atoms with Crippen LogP contribution in [0.5, 0.6) is 5.75 Å². The third kappa shape index (κ3) is 1.73. The lowest BCUT2D eigenvalue weighted by molar-refractivity contribution is -0.120. The highest BCUT2D eigenvalue weighted by molar-refractivity contribution is 6.34. The molecule has 0 N–H and O–H groups in total. The Hall–Kier alpha value is -1.88. The average molecular weight is 290 g/mol. The third-order valence-electron chi connectivity index (χ3n) is 3.78. The first-order valence-electron chi connectivity index (χ1n) is 6.54. The van der Waals surface area contributed by atoms with Gasteiger partial charge in [-0.05, 0) is 18.9 Å². The first kappa shape index (κ1) is 11.9. The van der Waals surface area contributed by atoms with E-state index >= 15 is 0 Å². The van der Waals surface area contributed by atoms with Crippen LogP contribution in [0.25, 0.3) is 10.9 Å². The zero-order valence-corrected chi connectivity index (χ0v) is 11.6. The SMILES string of the molecule is CN1C(=O)COc2cc3nc(C4CC4)nc(Cl)c3cc21. The number of halogens is 1. The van der Waals surface area contributed by atoms with Crippen molar-refractivity contribution in [3.8, 4) is 5.75 Å². The number of ether oxygens (including phenoxy) is 1. The van der Waals surface area contributed by atoms with Gasteiger partial charge in [0.15, 0.2) is 6.61 Å². The average Bonchev–Trinajstić information content (AvgIpc) is 3.26. The molecule has 1 aliphatic carbocycles. The van der Waals surface area contributed by atoms with E-state index in [1.54, 1.807) is 11.9 Å². The van der Waals surface area contributed by atoms with Crippen molar-refractivity contribution in [1.82, 2.24) is 9.97 Å². The smallest absolute Gasteiger partial charge is 0.264 e. The number of carbonyl (C=O) groups is 1. The number of hydrogen-bond acceptors (Lipinski definition) is 4. The molecule has 2 aliphatic rings. The molecule has 0 radical (unpaired) electrons. The lowest BCUT2D eigenvalue weighted by Crippen LogP contribution is -2.35. The summed E-state index contributed by atoms with van der Waals surface area (Å²) in [4.78, 5) is 22.2. The monoisotopic (exact) mass is 289 g/mol. The minimum absolute atomic E-state index is 0.0588. The van der Waals surface area contributed by atoms with Crippen molar-refractivity contribution in [2.24, 2.45) is 0 Å². The third-order valence-corrected chi connectivity index (χ3v) is 4.06. The molecule has 0 bridgehead atoms. The minimum Gasteiger partial charge on any atom is -0.481 e. The van der Waals surface area contributed by atoms with Crippen molar-refractivity contribution >= 4 is 34.1 Å². The van der Waals surface area contributed by atoms with Gasteiger partial charge in [-0.3, -0.25) is 4.79 Å². The van der Waals surface area contributed by atoms with Gasteiger partial charge in [0.25, 0.3) is 5.91 Å². The Balaban J connectivity index is 1.94. The fourth-order valence-corrected chi connectivity index (χ4v) is 2.64. The summed E-state index contributed by atoms with van der Waals surface area (Å²) in [5, 5.41) is 1.19. The van der Waals surface area contributed by atoms with Crippen LogP contribution in [0.15, 0.2) is 12.1 Å².